The molecule has 0 fully saturated rings. The second-order valence-electron chi connectivity index (χ2n) is 6.44. The van der Waals surface area contributed by atoms with Crippen molar-refractivity contribution in [2.24, 2.45) is 0 Å². The Morgan fingerprint density at radius 3 is 2.54 bits per heavy atom. The average molecular weight is 351 g/mol. The summed E-state index contributed by atoms with van der Waals surface area (Å²) in [5.41, 5.74) is 1.77. The Kier molecular flexibility index (Phi) is 5.21. The van der Waals surface area contributed by atoms with E-state index in [1.54, 1.807) is 0 Å². The molecule has 0 aliphatic heterocycles. The van der Waals surface area contributed by atoms with E-state index in [1.807, 2.05) is 69.0 Å². The van der Waals surface area contributed by atoms with Crippen LogP contribution in [-0.4, -0.2) is 34.8 Å². The van der Waals surface area contributed by atoms with E-state index in [1.165, 1.54) is 6.33 Å². The van der Waals surface area contributed by atoms with Gasteiger partial charge in [0.25, 0.3) is 5.91 Å². The van der Waals surface area contributed by atoms with E-state index in [0.717, 1.165) is 35.2 Å². The lowest BCUT2D eigenvalue weighted by Gasteiger charge is -2.20. The van der Waals surface area contributed by atoms with Crippen molar-refractivity contribution in [2.75, 3.05) is 19.0 Å². The van der Waals surface area contributed by atoms with Crippen molar-refractivity contribution in [1.29, 1.82) is 0 Å². The molecule has 26 heavy (non-hydrogen) atoms. The highest BCUT2D eigenvalue weighted by molar-refractivity contribution is 6.10. The van der Waals surface area contributed by atoms with Crippen LogP contribution >= 0.6 is 0 Å². The fourth-order valence-corrected chi connectivity index (χ4v) is 3.24. The van der Waals surface area contributed by atoms with Gasteiger partial charge in [-0.2, -0.15) is 5.10 Å². The molecular weight excluding hydrogens is 326 g/mol. The number of aromatic nitrogens is 3. The van der Waals surface area contributed by atoms with E-state index in [2.05, 4.69) is 20.3 Å². The first-order valence-corrected chi connectivity index (χ1v) is 8.94. The molecule has 6 nitrogen and oxygen atoms in total. The van der Waals surface area contributed by atoms with Gasteiger partial charge >= 0.3 is 0 Å². The third kappa shape index (κ3) is 3.27. The van der Waals surface area contributed by atoms with Gasteiger partial charge in [-0.1, -0.05) is 31.2 Å². The van der Waals surface area contributed by atoms with Gasteiger partial charge in [0, 0.05) is 37.3 Å². The van der Waals surface area contributed by atoms with E-state index in [0.29, 0.717) is 5.56 Å². The summed E-state index contributed by atoms with van der Waals surface area (Å²) in [7, 11) is 4.01. The monoisotopic (exact) mass is 351 g/mol. The maximum absolute atomic E-state index is 13.0. The maximum atomic E-state index is 13.0. The Morgan fingerprint density at radius 2 is 1.88 bits per heavy atom. The van der Waals surface area contributed by atoms with Crippen LogP contribution in [-0.2, 0) is 6.54 Å². The summed E-state index contributed by atoms with van der Waals surface area (Å²) < 4.78 is 1.82. The fourth-order valence-electron chi connectivity index (χ4n) is 3.24. The molecular formula is C20H25N5O. The number of carbonyl (C=O) groups is 1. The molecule has 2 aromatic carbocycles. The molecule has 0 saturated heterocycles. The summed E-state index contributed by atoms with van der Waals surface area (Å²) in [6, 6.07) is 11.7. The number of benzene rings is 2. The van der Waals surface area contributed by atoms with E-state index >= 15 is 0 Å². The molecule has 0 unspecified atom stereocenters. The Bertz CT molecular complexity index is 915. The van der Waals surface area contributed by atoms with Gasteiger partial charge in [-0.25, -0.2) is 9.67 Å². The summed E-state index contributed by atoms with van der Waals surface area (Å²) >= 11 is 0. The first-order valence-electron chi connectivity index (χ1n) is 8.94. The fraction of sp³-hybridized carbons (Fsp3) is 0.350. The number of aryl methyl sites for hydroxylation is 1. The van der Waals surface area contributed by atoms with Gasteiger partial charge in [-0.3, -0.25) is 4.79 Å². The predicted molar refractivity (Wildman–Crippen MR) is 104 cm³/mol. The first-order chi connectivity index (χ1) is 12.6. The summed E-state index contributed by atoms with van der Waals surface area (Å²) in [5.74, 6) is 0.696. The number of fused-ring (bicyclic) bond motifs is 1. The third-order valence-electron chi connectivity index (χ3n) is 4.60. The van der Waals surface area contributed by atoms with Crippen LogP contribution in [0.15, 0.2) is 42.7 Å². The van der Waals surface area contributed by atoms with Crippen molar-refractivity contribution in [2.45, 2.75) is 32.9 Å². The molecule has 0 bridgehead atoms. The molecule has 0 spiro atoms. The summed E-state index contributed by atoms with van der Waals surface area (Å²) in [6.07, 6.45) is 2.28. The number of nitrogens with zero attached hydrogens (tertiary/aromatic N) is 4. The van der Waals surface area contributed by atoms with E-state index in [-0.39, 0.29) is 11.9 Å². The van der Waals surface area contributed by atoms with Gasteiger partial charge in [-0.05, 0) is 30.9 Å². The number of hydrogen-bond acceptors (Lipinski definition) is 4. The number of anilines is 1. The minimum absolute atomic E-state index is 0.0935. The van der Waals surface area contributed by atoms with Crippen molar-refractivity contribution in [3.8, 4) is 0 Å². The Balaban J connectivity index is 1.96. The zero-order valence-corrected chi connectivity index (χ0v) is 15.7. The highest BCUT2D eigenvalue weighted by Crippen LogP contribution is 2.29. The molecule has 1 atom stereocenters. The average Bonchev–Trinajstić information content (AvgIpc) is 3.13. The molecule has 0 radical (unpaired) electrons. The maximum Gasteiger partial charge on any atom is 0.252 e. The van der Waals surface area contributed by atoms with Gasteiger partial charge in [-0.15, -0.1) is 0 Å². The standard InChI is InChI=1S/C20H25N5O/c1-5-17(19-21-13-22-25(19)6-2)23-20(26)16-11-12-18(24(3)4)15-10-8-7-9-14(15)16/h7-13,17H,5-6H2,1-4H3,(H,23,26)/t17-/m1/s1. The lowest BCUT2D eigenvalue weighted by molar-refractivity contribution is 0.0934. The van der Waals surface area contributed by atoms with Gasteiger partial charge in [0.05, 0.1) is 6.04 Å². The number of carbonyl (C=O) groups excluding carboxylic acids is 1. The van der Waals surface area contributed by atoms with Crippen LogP contribution in [0.1, 0.15) is 42.5 Å². The minimum atomic E-state index is -0.169. The SMILES string of the molecule is CC[C@@H](NC(=O)c1ccc(N(C)C)c2ccccc12)c1ncnn1CC. The van der Waals surface area contributed by atoms with Crippen molar-refractivity contribution < 1.29 is 4.79 Å². The van der Waals surface area contributed by atoms with Gasteiger partial charge in [0.15, 0.2) is 0 Å². The molecule has 1 N–H and O–H groups in total. The smallest absolute Gasteiger partial charge is 0.252 e. The molecule has 0 saturated carbocycles. The molecule has 0 aliphatic carbocycles. The van der Waals surface area contributed by atoms with E-state index in [4.69, 9.17) is 0 Å². The predicted octanol–water partition coefficient (Wildman–Crippen LogP) is 3.40. The number of hydrogen-bond donors (Lipinski definition) is 1. The Morgan fingerprint density at radius 1 is 1.15 bits per heavy atom. The summed E-state index contributed by atoms with van der Waals surface area (Å²) in [5, 5.41) is 9.35. The normalized spacial score (nSPS) is 12.2. The molecule has 1 heterocycles. The summed E-state index contributed by atoms with van der Waals surface area (Å²) in [6.45, 7) is 4.77. The van der Waals surface area contributed by atoms with Crippen LogP contribution in [0.25, 0.3) is 10.8 Å². The van der Waals surface area contributed by atoms with Gasteiger partial charge < -0.3 is 10.2 Å². The highest BCUT2D eigenvalue weighted by Gasteiger charge is 2.20. The molecule has 6 heteroatoms. The van der Waals surface area contributed by atoms with Crippen LogP contribution in [0.5, 0.6) is 0 Å². The van der Waals surface area contributed by atoms with Crippen LogP contribution in [0.2, 0.25) is 0 Å². The first kappa shape index (κ1) is 17.9. The molecule has 3 rings (SSSR count). The topological polar surface area (TPSA) is 63.1 Å². The van der Waals surface area contributed by atoms with Crippen molar-refractivity contribution >= 4 is 22.4 Å². The van der Waals surface area contributed by atoms with Crippen LogP contribution in [0.4, 0.5) is 5.69 Å². The molecule has 1 amide bonds. The van der Waals surface area contributed by atoms with E-state index < -0.39 is 0 Å². The number of amides is 1. The molecule has 0 aliphatic rings. The van der Waals surface area contributed by atoms with E-state index in [9.17, 15) is 4.79 Å². The second-order valence-corrected chi connectivity index (χ2v) is 6.44. The van der Waals surface area contributed by atoms with Crippen LogP contribution in [0, 0.1) is 0 Å². The van der Waals surface area contributed by atoms with Crippen molar-refractivity contribution in [3.05, 3.63) is 54.1 Å². The highest BCUT2D eigenvalue weighted by atomic mass is 16.1. The van der Waals surface area contributed by atoms with Crippen LogP contribution < -0.4 is 10.2 Å². The minimum Gasteiger partial charge on any atom is -0.377 e. The lowest BCUT2D eigenvalue weighted by atomic mass is 10.0. The quantitative estimate of drug-likeness (QED) is 0.739. The van der Waals surface area contributed by atoms with Gasteiger partial charge in [0.2, 0.25) is 0 Å². The van der Waals surface area contributed by atoms with Crippen LogP contribution in [0.3, 0.4) is 0 Å². The largest absolute Gasteiger partial charge is 0.377 e. The lowest BCUT2D eigenvalue weighted by Crippen LogP contribution is -2.30. The summed E-state index contributed by atoms with van der Waals surface area (Å²) in [4.78, 5) is 19.4. The molecule has 3 aromatic rings. The van der Waals surface area contributed by atoms with Gasteiger partial charge in [0.1, 0.15) is 12.2 Å². The Labute approximate surface area is 153 Å². The number of nitrogens with one attached hydrogen (secondary N) is 1. The van der Waals surface area contributed by atoms with Crippen molar-refractivity contribution in [3.63, 3.8) is 0 Å². The Hall–Kier alpha value is -2.89. The molecule has 136 valence electrons. The second kappa shape index (κ2) is 7.56. The zero-order chi connectivity index (χ0) is 18.7. The number of rotatable bonds is 6. The third-order valence-corrected chi connectivity index (χ3v) is 4.60. The molecule has 1 aromatic heterocycles. The van der Waals surface area contributed by atoms with Crippen molar-refractivity contribution in [1.82, 2.24) is 20.1 Å². The zero-order valence-electron chi connectivity index (χ0n) is 15.7.